The molecule has 0 spiro atoms. The summed E-state index contributed by atoms with van der Waals surface area (Å²) in [5, 5.41) is 32.2. The standard InChI is InChI=1S/C40H36N12O12S4.4Li/c1-21-17-31(49-45-25-9-13-29(14-10-25)65(53,54)55)37(43)39(35(21)41)51-47-27-7-5-23(33(19-27)67(59,60)61)3-4-24-6-8-28(20-34(24)68(62,63)64)48-52-40-36(42)22(2)18-32(38(40)44)50-46-26-11-15-30(16-12-26)66(56,57)58;;;;/h3-20H,41-44H2,1-2H3,(H,53,54,55)(H,56,57,58)(H,59,60,61)(H,62,63,64);;;;/q;4*+1/p-4. The zero-order valence-electron chi connectivity index (χ0n) is 38.8. The number of hydrogen-bond acceptors (Lipinski definition) is 24. The zero-order chi connectivity index (χ0) is 49.9. The molecular formula is C40H32Li4N12O12S4. The van der Waals surface area contributed by atoms with Crippen molar-refractivity contribution in [1.29, 1.82) is 0 Å². The molecule has 6 rings (SSSR count). The van der Waals surface area contributed by atoms with Crippen molar-refractivity contribution in [3.63, 3.8) is 0 Å². The van der Waals surface area contributed by atoms with E-state index in [0.29, 0.717) is 11.1 Å². The number of nitrogens with zero attached hydrogens (tertiary/aromatic N) is 8. The Bertz CT molecular complexity index is 3410. The van der Waals surface area contributed by atoms with Crippen molar-refractivity contribution in [2.75, 3.05) is 22.9 Å². The Labute approximate surface area is 460 Å². The van der Waals surface area contributed by atoms with Crippen LogP contribution in [0.4, 0.5) is 68.2 Å². The van der Waals surface area contributed by atoms with Crippen LogP contribution >= 0.6 is 0 Å². The molecule has 32 heteroatoms. The Balaban J connectivity index is 0.00000444. The molecule has 0 unspecified atom stereocenters. The molecule has 24 nitrogen and oxygen atoms in total. The maximum atomic E-state index is 12.4. The van der Waals surface area contributed by atoms with Crippen LogP contribution in [0, 0.1) is 13.8 Å². The number of azo groups is 4. The van der Waals surface area contributed by atoms with Gasteiger partial charge in [0, 0.05) is 0 Å². The molecule has 352 valence electrons. The van der Waals surface area contributed by atoms with Crippen molar-refractivity contribution in [3.05, 3.63) is 119 Å². The van der Waals surface area contributed by atoms with E-state index in [4.69, 9.17) is 22.9 Å². The summed E-state index contributed by atoms with van der Waals surface area (Å²) in [6.45, 7) is 3.19. The van der Waals surface area contributed by atoms with Crippen LogP contribution in [0.2, 0.25) is 0 Å². The van der Waals surface area contributed by atoms with Gasteiger partial charge in [0.2, 0.25) is 0 Å². The third-order valence-corrected chi connectivity index (χ3v) is 12.9. The predicted molar refractivity (Wildman–Crippen MR) is 243 cm³/mol. The molecule has 0 aromatic heterocycles. The Morgan fingerprint density at radius 2 is 0.667 bits per heavy atom. The van der Waals surface area contributed by atoms with Gasteiger partial charge in [-0.2, -0.15) is 20.5 Å². The Morgan fingerprint density at radius 1 is 0.375 bits per heavy atom. The van der Waals surface area contributed by atoms with E-state index in [9.17, 15) is 51.9 Å². The minimum Gasteiger partial charge on any atom is -0.744 e. The Hall–Kier alpha value is -5.31. The van der Waals surface area contributed by atoms with E-state index in [1.165, 1.54) is 48.5 Å². The van der Waals surface area contributed by atoms with Crippen LogP contribution in [0.1, 0.15) is 22.3 Å². The summed E-state index contributed by atoms with van der Waals surface area (Å²) >= 11 is 0. The topological polar surface area (TPSA) is 432 Å². The van der Waals surface area contributed by atoms with E-state index in [-0.39, 0.29) is 155 Å². The van der Waals surface area contributed by atoms with Gasteiger partial charge in [0.15, 0.2) is 0 Å². The first-order chi connectivity index (χ1) is 31.7. The summed E-state index contributed by atoms with van der Waals surface area (Å²) in [6, 6.07) is 18.7. The molecule has 0 radical (unpaired) electrons. The number of nitrogen functional groups attached to an aromatic ring is 4. The predicted octanol–water partition coefficient (Wildman–Crippen LogP) is -3.90. The van der Waals surface area contributed by atoms with Crippen LogP contribution in [0.15, 0.2) is 158 Å². The van der Waals surface area contributed by atoms with Gasteiger partial charge in [0.05, 0.1) is 65.1 Å². The van der Waals surface area contributed by atoms with Crippen LogP contribution in [-0.2, 0) is 40.5 Å². The fraction of sp³-hybridized carbons (Fsp3) is 0.0500. The van der Waals surface area contributed by atoms with Gasteiger partial charge in [-0.3, -0.25) is 0 Å². The SMILES string of the molecule is Cc1cc(N=Nc2ccc(S(=O)(=O)[O-])cc2)c(N)c(N=Nc2ccc(C=Cc3ccc(N=Nc4c(N)c(C)cc(N=Nc5ccc(S(=O)(=O)[O-])cc5)c4N)cc3S(=O)(=O)[O-])c(S(=O)(=O)[O-])c2)c1N.[Li+].[Li+].[Li+].[Li+]. The Kier molecular flexibility index (Phi) is 21.9. The molecule has 0 saturated heterocycles. The van der Waals surface area contributed by atoms with Crippen LogP contribution in [0.3, 0.4) is 0 Å². The van der Waals surface area contributed by atoms with Gasteiger partial charge in [-0.25, -0.2) is 33.7 Å². The van der Waals surface area contributed by atoms with Crippen molar-refractivity contribution in [1.82, 2.24) is 0 Å². The van der Waals surface area contributed by atoms with E-state index in [1.54, 1.807) is 13.8 Å². The van der Waals surface area contributed by atoms with Crippen LogP contribution < -0.4 is 98.4 Å². The first-order valence-corrected chi connectivity index (χ1v) is 24.4. The number of aryl methyl sites for hydroxylation is 2. The smallest absolute Gasteiger partial charge is 0.744 e. The van der Waals surface area contributed by atoms with E-state index in [2.05, 4.69) is 40.9 Å². The normalized spacial score (nSPS) is 12.2. The number of nitrogens with two attached hydrogens (primary N) is 4. The third-order valence-electron chi connectivity index (χ3n) is 9.43. The van der Waals surface area contributed by atoms with Crippen LogP contribution in [-0.4, -0.2) is 51.9 Å². The van der Waals surface area contributed by atoms with Gasteiger partial charge >= 0.3 is 75.4 Å². The van der Waals surface area contributed by atoms with Gasteiger partial charge in [-0.05, 0) is 121 Å². The summed E-state index contributed by atoms with van der Waals surface area (Å²) in [7, 11) is -19.8. The molecule has 6 aromatic rings. The summed E-state index contributed by atoms with van der Waals surface area (Å²) in [5.74, 6) is 0. The van der Waals surface area contributed by atoms with E-state index in [0.717, 1.165) is 60.7 Å². The van der Waals surface area contributed by atoms with Gasteiger partial charge in [-0.15, -0.1) is 20.5 Å². The largest absolute Gasteiger partial charge is 1.00 e. The molecule has 72 heavy (non-hydrogen) atoms. The molecule has 0 bridgehead atoms. The van der Waals surface area contributed by atoms with Gasteiger partial charge in [0.25, 0.3) is 0 Å². The van der Waals surface area contributed by atoms with E-state index < -0.39 is 60.1 Å². The average molecular weight is 1030 g/mol. The molecule has 0 aliphatic rings. The molecule has 0 saturated carbocycles. The molecule has 6 aromatic carbocycles. The molecule has 0 aliphatic carbocycles. The molecule has 0 amide bonds. The van der Waals surface area contributed by atoms with Crippen LogP contribution in [0.25, 0.3) is 12.2 Å². The summed E-state index contributed by atoms with van der Waals surface area (Å²) in [4.78, 5) is -2.56. The fourth-order valence-electron chi connectivity index (χ4n) is 5.86. The van der Waals surface area contributed by atoms with Crippen molar-refractivity contribution in [3.8, 4) is 0 Å². The fourth-order valence-corrected chi connectivity index (χ4v) is 8.18. The van der Waals surface area contributed by atoms with Crippen molar-refractivity contribution in [2.24, 2.45) is 40.9 Å². The molecule has 0 atom stereocenters. The maximum absolute atomic E-state index is 12.4. The number of hydrogen-bond donors (Lipinski definition) is 4. The summed E-state index contributed by atoms with van der Waals surface area (Å²) < 4.78 is 142. The van der Waals surface area contributed by atoms with Gasteiger partial charge in [0.1, 0.15) is 63.2 Å². The first kappa shape index (κ1) is 62.8. The van der Waals surface area contributed by atoms with Gasteiger partial charge in [-0.1, -0.05) is 24.3 Å². The quantitative estimate of drug-likeness (QED) is 0.0266. The van der Waals surface area contributed by atoms with Crippen molar-refractivity contribution in [2.45, 2.75) is 33.4 Å². The number of benzene rings is 6. The van der Waals surface area contributed by atoms with E-state index in [1.807, 2.05) is 0 Å². The maximum Gasteiger partial charge on any atom is 1.00 e. The van der Waals surface area contributed by atoms with Gasteiger partial charge < -0.3 is 41.1 Å². The molecular weight excluding hydrogens is 997 g/mol. The van der Waals surface area contributed by atoms with Crippen molar-refractivity contribution < 1.29 is 127 Å². The van der Waals surface area contributed by atoms with Crippen LogP contribution in [0.5, 0.6) is 0 Å². The Morgan fingerprint density at radius 3 is 0.958 bits per heavy atom. The number of rotatable bonds is 14. The molecule has 0 fully saturated rings. The first-order valence-electron chi connectivity index (χ1n) is 18.7. The minimum atomic E-state index is -5.24. The summed E-state index contributed by atoms with van der Waals surface area (Å²) in [6.07, 6.45) is 2.14. The second-order valence-electron chi connectivity index (χ2n) is 14.2. The zero-order valence-corrected chi connectivity index (χ0v) is 42.1. The monoisotopic (exact) mass is 1030 g/mol. The summed E-state index contributed by atoms with van der Waals surface area (Å²) in [5.41, 5.74) is 25.1. The van der Waals surface area contributed by atoms with E-state index >= 15 is 0 Å². The molecule has 8 N–H and O–H groups in total. The average Bonchev–Trinajstić information content (AvgIpc) is 3.26. The molecule has 0 heterocycles. The third kappa shape index (κ3) is 15.6. The molecule has 0 aliphatic heterocycles. The number of anilines is 4. The second kappa shape index (κ2) is 25.1. The van der Waals surface area contributed by atoms with Crippen molar-refractivity contribution >= 4 is 121 Å². The second-order valence-corrected chi connectivity index (χ2v) is 19.6. The minimum absolute atomic E-state index is 0.